The Morgan fingerprint density at radius 3 is 3.00 bits per heavy atom. The highest BCUT2D eigenvalue weighted by molar-refractivity contribution is 7.13. The van der Waals surface area contributed by atoms with Gasteiger partial charge < -0.3 is 20.9 Å². The highest BCUT2D eigenvalue weighted by Gasteiger charge is 2.41. The molecular weight excluding hydrogens is 380 g/mol. The second-order valence-corrected chi connectivity index (χ2v) is 7.83. The number of anilines is 2. The van der Waals surface area contributed by atoms with Gasteiger partial charge in [0.1, 0.15) is 11.5 Å². The van der Waals surface area contributed by atoms with Gasteiger partial charge in [0.05, 0.1) is 17.8 Å². The van der Waals surface area contributed by atoms with E-state index in [9.17, 15) is 14.4 Å². The van der Waals surface area contributed by atoms with Crippen LogP contribution in [0.1, 0.15) is 35.3 Å². The summed E-state index contributed by atoms with van der Waals surface area (Å²) < 4.78 is 0. The van der Waals surface area contributed by atoms with Crippen molar-refractivity contribution in [1.82, 2.24) is 20.2 Å². The Morgan fingerprint density at radius 1 is 1.36 bits per heavy atom. The van der Waals surface area contributed by atoms with E-state index in [1.54, 1.807) is 18.3 Å². The third kappa shape index (κ3) is 3.68. The van der Waals surface area contributed by atoms with Crippen molar-refractivity contribution >= 4 is 40.0 Å². The molecule has 1 unspecified atom stereocenters. The molecule has 2 aromatic heterocycles. The Kier molecular flexibility index (Phi) is 4.71. The summed E-state index contributed by atoms with van der Waals surface area (Å²) in [7, 11) is 0. The van der Waals surface area contributed by atoms with Crippen molar-refractivity contribution < 1.29 is 14.4 Å². The van der Waals surface area contributed by atoms with Gasteiger partial charge in [0.2, 0.25) is 11.8 Å². The molecule has 0 radical (unpaired) electrons. The molecule has 3 N–H and O–H groups in total. The van der Waals surface area contributed by atoms with E-state index in [0.29, 0.717) is 35.9 Å². The molecule has 10 heteroatoms. The molecule has 28 heavy (non-hydrogen) atoms. The Balaban J connectivity index is 1.43. The van der Waals surface area contributed by atoms with E-state index < -0.39 is 5.66 Å². The molecule has 1 fully saturated rings. The molecule has 3 amide bonds. The van der Waals surface area contributed by atoms with E-state index in [-0.39, 0.29) is 30.7 Å². The fourth-order valence-corrected chi connectivity index (χ4v) is 4.15. The van der Waals surface area contributed by atoms with Crippen LogP contribution in [0.5, 0.6) is 0 Å². The zero-order valence-electron chi connectivity index (χ0n) is 15.3. The lowest BCUT2D eigenvalue weighted by molar-refractivity contribution is -0.134. The van der Waals surface area contributed by atoms with E-state index in [1.807, 2.05) is 12.3 Å². The Labute approximate surface area is 165 Å². The maximum absolute atomic E-state index is 12.5. The standard InChI is InChI=1S/C18H20N6O3S/c1-11-10-28-17(20-11)21-13(25)9-24-8-6-18(5-4-14(24)26)22-15-12(16(27)23-18)3-2-7-19-15/h2-3,7,10H,4-6,8-9H2,1H3,(H,19,22)(H,23,27)(H,20,21,25). The molecule has 146 valence electrons. The summed E-state index contributed by atoms with van der Waals surface area (Å²) >= 11 is 1.35. The molecule has 2 aromatic rings. The minimum atomic E-state index is -0.744. The van der Waals surface area contributed by atoms with Gasteiger partial charge in [0.25, 0.3) is 5.91 Å². The Morgan fingerprint density at radius 2 is 2.21 bits per heavy atom. The predicted molar refractivity (Wildman–Crippen MR) is 104 cm³/mol. The van der Waals surface area contributed by atoms with Gasteiger partial charge in [0, 0.05) is 31.0 Å². The van der Waals surface area contributed by atoms with Crippen LogP contribution in [0.3, 0.4) is 0 Å². The van der Waals surface area contributed by atoms with E-state index in [1.165, 1.54) is 16.2 Å². The van der Waals surface area contributed by atoms with Gasteiger partial charge in [-0.15, -0.1) is 11.3 Å². The van der Waals surface area contributed by atoms with Crippen molar-refractivity contribution in [3.05, 3.63) is 35.0 Å². The fraction of sp³-hybridized carbons (Fsp3) is 0.389. The van der Waals surface area contributed by atoms with Crippen molar-refractivity contribution in [2.24, 2.45) is 0 Å². The van der Waals surface area contributed by atoms with Crippen molar-refractivity contribution in [3.63, 3.8) is 0 Å². The number of fused-ring (bicyclic) bond motifs is 1. The van der Waals surface area contributed by atoms with Crippen LogP contribution in [0.15, 0.2) is 23.7 Å². The number of rotatable bonds is 3. The van der Waals surface area contributed by atoms with Crippen molar-refractivity contribution in [2.45, 2.75) is 31.8 Å². The number of nitrogens with one attached hydrogen (secondary N) is 3. The fourth-order valence-electron chi connectivity index (χ4n) is 3.45. The van der Waals surface area contributed by atoms with E-state index in [4.69, 9.17) is 0 Å². The van der Waals surface area contributed by atoms with Crippen LogP contribution < -0.4 is 16.0 Å². The van der Waals surface area contributed by atoms with Crippen molar-refractivity contribution in [2.75, 3.05) is 23.7 Å². The molecule has 2 aliphatic heterocycles. The van der Waals surface area contributed by atoms with Crippen LogP contribution in [0.25, 0.3) is 0 Å². The summed E-state index contributed by atoms with van der Waals surface area (Å²) in [6, 6.07) is 3.41. The summed E-state index contributed by atoms with van der Waals surface area (Å²) in [5.74, 6) is -0.0971. The molecule has 1 saturated heterocycles. The number of hydrogen-bond donors (Lipinski definition) is 3. The lowest BCUT2D eigenvalue weighted by Gasteiger charge is -2.39. The Hall–Kier alpha value is -3.01. The second kappa shape index (κ2) is 7.19. The minimum absolute atomic E-state index is 0.0453. The van der Waals surface area contributed by atoms with E-state index in [2.05, 4.69) is 25.9 Å². The number of nitrogens with zero attached hydrogens (tertiary/aromatic N) is 3. The molecule has 4 heterocycles. The van der Waals surface area contributed by atoms with Crippen molar-refractivity contribution in [1.29, 1.82) is 0 Å². The minimum Gasteiger partial charge on any atom is -0.347 e. The third-order valence-corrected chi connectivity index (χ3v) is 5.77. The first-order valence-electron chi connectivity index (χ1n) is 9.00. The van der Waals surface area contributed by atoms with Crippen LogP contribution in [-0.2, 0) is 9.59 Å². The van der Waals surface area contributed by atoms with Crippen LogP contribution >= 0.6 is 11.3 Å². The molecule has 2 aliphatic rings. The average molecular weight is 400 g/mol. The molecule has 0 saturated carbocycles. The zero-order valence-corrected chi connectivity index (χ0v) is 16.1. The van der Waals surface area contributed by atoms with Gasteiger partial charge in [-0.05, 0) is 25.5 Å². The molecule has 4 rings (SSSR count). The van der Waals surface area contributed by atoms with Gasteiger partial charge in [-0.1, -0.05) is 0 Å². The molecule has 0 aromatic carbocycles. The van der Waals surface area contributed by atoms with Gasteiger partial charge in [-0.3, -0.25) is 14.4 Å². The van der Waals surface area contributed by atoms with Gasteiger partial charge in [0.15, 0.2) is 5.13 Å². The smallest absolute Gasteiger partial charge is 0.256 e. The first-order valence-corrected chi connectivity index (χ1v) is 9.88. The largest absolute Gasteiger partial charge is 0.347 e. The summed E-state index contributed by atoms with van der Waals surface area (Å²) in [5, 5.41) is 11.4. The number of aryl methyl sites for hydroxylation is 1. The molecule has 0 bridgehead atoms. The molecule has 9 nitrogen and oxygen atoms in total. The quantitative estimate of drug-likeness (QED) is 0.716. The number of aromatic nitrogens is 2. The molecule has 1 atom stereocenters. The predicted octanol–water partition coefficient (Wildman–Crippen LogP) is 1.35. The van der Waals surface area contributed by atoms with Gasteiger partial charge >= 0.3 is 0 Å². The molecule has 0 aliphatic carbocycles. The lowest BCUT2D eigenvalue weighted by Crippen LogP contribution is -2.58. The van der Waals surface area contributed by atoms with Crippen LogP contribution in [0.2, 0.25) is 0 Å². The average Bonchev–Trinajstić information content (AvgIpc) is 3.01. The topological polar surface area (TPSA) is 116 Å². The maximum atomic E-state index is 12.5. The second-order valence-electron chi connectivity index (χ2n) is 6.97. The number of thiazole rings is 1. The summed E-state index contributed by atoms with van der Waals surface area (Å²) in [5.41, 5.74) is 0.575. The first kappa shape index (κ1) is 18.4. The lowest BCUT2D eigenvalue weighted by atomic mass is 9.97. The number of carbonyl (C=O) groups excluding carboxylic acids is 3. The third-order valence-electron chi connectivity index (χ3n) is 4.89. The maximum Gasteiger partial charge on any atom is 0.256 e. The van der Waals surface area contributed by atoms with Crippen LogP contribution in [0.4, 0.5) is 10.9 Å². The Bertz CT molecular complexity index is 945. The van der Waals surface area contributed by atoms with Crippen molar-refractivity contribution in [3.8, 4) is 0 Å². The molecular formula is C18H20N6O3S. The molecule has 1 spiro atoms. The van der Waals surface area contributed by atoms with Crippen LogP contribution in [0, 0.1) is 6.92 Å². The highest BCUT2D eigenvalue weighted by atomic mass is 32.1. The summed E-state index contributed by atoms with van der Waals surface area (Å²) in [6.07, 6.45) is 2.75. The van der Waals surface area contributed by atoms with E-state index >= 15 is 0 Å². The summed E-state index contributed by atoms with van der Waals surface area (Å²) in [4.78, 5) is 47.3. The number of pyridine rings is 1. The van der Waals surface area contributed by atoms with E-state index in [0.717, 1.165) is 5.69 Å². The number of likely N-dealkylation sites (tertiary alicyclic amines) is 1. The zero-order chi connectivity index (χ0) is 19.7. The highest BCUT2D eigenvalue weighted by Crippen LogP contribution is 2.30. The SMILES string of the molecule is Cc1csc(NC(=O)CN2CCC3(CCC2=O)NC(=O)c2cccnc2N3)n1. The van der Waals surface area contributed by atoms with Gasteiger partial charge in [-0.2, -0.15) is 0 Å². The van der Waals surface area contributed by atoms with Gasteiger partial charge in [-0.25, -0.2) is 9.97 Å². The number of hydrogen-bond acceptors (Lipinski definition) is 7. The van der Waals surface area contributed by atoms with Crippen LogP contribution in [-0.4, -0.2) is 51.3 Å². The number of amides is 3. The summed E-state index contributed by atoms with van der Waals surface area (Å²) in [6.45, 7) is 2.15. The normalized spacial score (nSPS) is 21.5. The number of carbonyl (C=O) groups is 3. The monoisotopic (exact) mass is 400 g/mol. The first-order chi connectivity index (χ1) is 13.4.